The zero-order chi connectivity index (χ0) is 13.3. The molecule has 0 spiro atoms. The fraction of sp³-hybridized carbons (Fsp3) is 0.750. The number of hydrogen-bond acceptors (Lipinski definition) is 3. The van der Waals surface area contributed by atoms with E-state index in [1.54, 1.807) is 10.4 Å². The molecule has 0 radical (unpaired) electrons. The zero-order valence-corrected chi connectivity index (χ0v) is 12.7. The molecule has 2 N–H and O–H groups in total. The average Bonchev–Trinajstić information content (AvgIpc) is 3.04. The molecule has 2 aliphatic carbocycles. The molecule has 2 nitrogen and oxygen atoms in total. The van der Waals surface area contributed by atoms with Crippen LogP contribution in [0.2, 0.25) is 0 Å². The van der Waals surface area contributed by atoms with Crippen LogP contribution in [0.5, 0.6) is 0 Å². The number of rotatable bonds is 6. The van der Waals surface area contributed by atoms with Gasteiger partial charge in [0.1, 0.15) is 0 Å². The molecule has 1 unspecified atom stereocenters. The predicted octanol–water partition coefficient (Wildman–Crippen LogP) is 3.44. The van der Waals surface area contributed by atoms with Crippen molar-refractivity contribution in [2.45, 2.75) is 57.9 Å². The maximum Gasteiger partial charge on any atom is 0.0436 e. The smallest absolute Gasteiger partial charge is 0.0436 e. The standard InChI is InChI=1S/C16H25NOS/c1-12(17-11-16(6-7-16)8-9-18)15-10-13-4-2-3-5-14(13)19-15/h10,12,17-18H,2-9,11H2,1H3. The molecule has 3 rings (SSSR count). The highest BCUT2D eigenvalue weighted by atomic mass is 32.1. The van der Waals surface area contributed by atoms with E-state index in [4.69, 9.17) is 5.11 Å². The van der Waals surface area contributed by atoms with E-state index in [2.05, 4.69) is 18.3 Å². The zero-order valence-electron chi connectivity index (χ0n) is 11.9. The molecule has 1 aromatic rings. The van der Waals surface area contributed by atoms with E-state index in [0.29, 0.717) is 18.1 Å². The summed E-state index contributed by atoms with van der Waals surface area (Å²) in [5.41, 5.74) is 2.02. The summed E-state index contributed by atoms with van der Waals surface area (Å²) in [6.07, 6.45) is 8.85. The Morgan fingerprint density at radius 3 is 2.84 bits per heavy atom. The van der Waals surface area contributed by atoms with Crippen molar-refractivity contribution in [2.24, 2.45) is 5.41 Å². The highest BCUT2D eigenvalue weighted by Gasteiger charge is 2.41. The minimum Gasteiger partial charge on any atom is -0.396 e. The van der Waals surface area contributed by atoms with Crippen molar-refractivity contribution in [1.29, 1.82) is 0 Å². The number of nitrogens with one attached hydrogen (secondary N) is 1. The topological polar surface area (TPSA) is 32.3 Å². The van der Waals surface area contributed by atoms with Crippen LogP contribution in [-0.4, -0.2) is 18.3 Å². The van der Waals surface area contributed by atoms with Crippen LogP contribution in [0.3, 0.4) is 0 Å². The Kier molecular flexibility index (Phi) is 3.97. The van der Waals surface area contributed by atoms with Crippen LogP contribution in [0, 0.1) is 5.41 Å². The lowest BCUT2D eigenvalue weighted by atomic mass is 9.98. The first-order valence-corrected chi connectivity index (χ1v) is 8.50. The Bertz CT molecular complexity index is 412. The Hall–Kier alpha value is -0.380. The molecular formula is C16H25NOS. The normalized spacial score (nSPS) is 22.0. The van der Waals surface area contributed by atoms with Gasteiger partial charge in [0.05, 0.1) is 0 Å². The minimum absolute atomic E-state index is 0.337. The molecule has 1 atom stereocenters. The van der Waals surface area contributed by atoms with Crippen molar-refractivity contribution >= 4 is 11.3 Å². The van der Waals surface area contributed by atoms with Gasteiger partial charge in [-0.15, -0.1) is 11.3 Å². The predicted molar refractivity (Wildman–Crippen MR) is 80.7 cm³/mol. The number of thiophene rings is 1. The van der Waals surface area contributed by atoms with Crippen LogP contribution < -0.4 is 5.32 Å². The van der Waals surface area contributed by atoms with E-state index >= 15 is 0 Å². The van der Waals surface area contributed by atoms with Gasteiger partial charge in [0.15, 0.2) is 0 Å². The lowest BCUT2D eigenvalue weighted by Crippen LogP contribution is -2.27. The van der Waals surface area contributed by atoms with Gasteiger partial charge in [-0.1, -0.05) is 0 Å². The summed E-state index contributed by atoms with van der Waals surface area (Å²) < 4.78 is 0. The molecule has 106 valence electrons. The number of hydrogen-bond donors (Lipinski definition) is 2. The number of fused-ring (bicyclic) bond motifs is 1. The SMILES string of the molecule is CC(NCC1(CCO)CC1)c1cc2c(s1)CCCC2. The van der Waals surface area contributed by atoms with Crippen LogP contribution in [0.25, 0.3) is 0 Å². The highest BCUT2D eigenvalue weighted by molar-refractivity contribution is 7.12. The van der Waals surface area contributed by atoms with Gasteiger partial charge >= 0.3 is 0 Å². The molecule has 1 heterocycles. The molecular weight excluding hydrogens is 254 g/mol. The van der Waals surface area contributed by atoms with Gasteiger partial charge < -0.3 is 10.4 Å². The Balaban J connectivity index is 1.58. The third-order valence-electron chi connectivity index (χ3n) is 4.82. The first-order valence-electron chi connectivity index (χ1n) is 7.68. The molecule has 0 saturated heterocycles. The fourth-order valence-electron chi connectivity index (χ4n) is 3.13. The van der Waals surface area contributed by atoms with Gasteiger partial charge in [-0.25, -0.2) is 0 Å². The van der Waals surface area contributed by atoms with Crippen molar-refractivity contribution < 1.29 is 5.11 Å². The number of aryl methyl sites for hydroxylation is 2. The molecule has 1 saturated carbocycles. The number of aliphatic hydroxyl groups excluding tert-OH is 1. The summed E-state index contributed by atoms with van der Waals surface area (Å²) in [7, 11) is 0. The van der Waals surface area contributed by atoms with E-state index in [-0.39, 0.29) is 0 Å². The monoisotopic (exact) mass is 279 g/mol. The molecule has 0 aliphatic heterocycles. The third-order valence-corrected chi connectivity index (χ3v) is 6.24. The second-order valence-corrected chi connectivity index (χ2v) is 7.55. The summed E-state index contributed by atoms with van der Waals surface area (Å²) >= 11 is 2.02. The van der Waals surface area contributed by atoms with Crippen molar-refractivity contribution in [3.63, 3.8) is 0 Å². The molecule has 3 heteroatoms. The maximum absolute atomic E-state index is 9.11. The summed E-state index contributed by atoms with van der Waals surface area (Å²) in [5, 5.41) is 12.8. The van der Waals surface area contributed by atoms with Gasteiger partial charge in [-0.3, -0.25) is 0 Å². The molecule has 0 aromatic carbocycles. The second-order valence-electron chi connectivity index (χ2n) is 6.38. The summed E-state index contributed by atoms with van der Waals surface area (Å²) in [5.74, 6) is 0. The molecule has 0 amide bonds. The van der Waals surface area contributed by atoms with Crippen molar-refractivity contribution in [3.05, 3.63) is 21.4 Å². The van der Waals surface area contributed by atoms with Gasteiger partial charge in [-0.2, -0.15) is 0 Å². The van der Waals surface area contributed by atoms with Crippen molar-refractivity contribution in [2.75, 3.05) is 13.2 Å². The van der Waals surface area contributed by atoms with Crippen LogP contribution in [0.1, 0.15) is 60.4 Å². The average molecular weight is 279 g/mol. The fourth-order valence-corrected chi connectivity index (χ4v) is 4.41. The van der Waals surface area contributed by atoms with Gasteiger partial charge in [0.25, 0.3) is 0 Å². The molecule has 19 heavy (non-hydrogen) atoms. The molecule has 1 aromatic heterocycles. The first-order chi connectivity index (χ1) is 9.22. The van der Waals surface area contributed by atoms with E-state index in [0.717, 1.165) is 13.0 Å². The first kappa shape index (κ1) is 13.6. The summed E-state index contributed by atoms with van der Waals surface area (Å²) in [6.45, 7) is 3.69. The number of aliphatic hydroxyl groups is 1. The van der Waals surface area contributed by atoms with E-state index in [1.165, 1.54) is 43.4 Å². The Labute approximate surface area is 120 Å². The molecule has 2 aliphatic rings. The van der Waals surface area contributed by atoms with Crippen LogP contribution in [0.15, 0.2) is 6.07 Å². The quantitative estimate of drug-likeness (QED) is 0.836. The lowest BCUT2D eigenvalue weighted by Gasteiger charge is -2.18. The van der Waals surface area contributed by atoms with Gasteiger partial charge in [0, 0.05) is 28.9 Å². The Morgan fingerprint density at radius 1 is 1.37 bits per heavy atom. The van der Waals surface area contributed by atoms with Gasteiger partial charge in [-0.05, 0) is 68.9 Å². The second kappa shape index (κ2) is 5.55. The third kappa shape index (κ3) is 3.04. The van der Waals surface area contributed by atoms with Crippen molar-refractivity contribution in [3.8, 4) is 0 Å². The molecule has 0 bridgehead atoms. The van der Waals surface area contributed by atoms with Crippen LogP contribution in [-0.2, 0) is 12.8 Å². The Morgan fingerprint density at radius 2 is 2.16 bits per heavy atom. The molecule has 1 fully saturated rings. The minimum atomic E-state index is 0.337. The lowest BCUT2D eigenvalue weighted by molar-refractivity contribution is 0.243. The van der Waals surface area contributed by atoms with E-state index in [9.17, 15) is 0 Å². The highest BCUT2D eigenvalue weighted by Crippen LogP contribution is 2.48. The summed E-state index contributed by atoms with van der Waals surface area (Å²) in [4.78, 5) is 3.14. The van der Waals surface area contributed by atoms with Crippen LogP contribution >= 0.6 is 11.3 Å². The largest absolute Gasteiger partial charge is 0.396 e. The maximum atomic E-state index is 9.11. The van der Waals surface area contributed by atoms with Gasteiger partial charge in [0.2, 0.25) is 0 Å². The van der Waals surface area contributed by atoms with E-state index in [1.807, 2.05) is 11.3 Å². The van der Waals surface area contributed by atoms with E-state index < -0.39 is 0 Å². The van der Waals surface area contributed by atoms with Crippen LogP contribution in [0.4, 0.5) is 0 Å². The van der Waals surface area contributed by atoms with Crippen molar-refractivity contribution in [1.82, 2.24) is 5.32 Å². The summed E-state index contributed by atoms with van der Waals surface area (Å²) in [6, 6.07) is 2.90.